The fourth-order valence-corrected chi connectivity index (χ4v) is 3.70. The standard InChI is InChI=1S/C20H28O2/c1-14(12-18(21)22)8-6-9-15-13-17-16(20(15,4)5)10-7-11-19(17,2)3/h6,8-9,13H,7,10-12H2,1-5H3,(H,21,22)/b9-6+,14-8+. The lowest BCUT2D eigenvalue weighted by Gasteiger charge is -2.35. The molecule has 0 spiro atoms. The summed E-state index contributed by atoms with van der Waals surface area (Å²) in [5, 5.41) is 8.79. The van der Waals surface area contributed by atoms with E-state index in [1.165, 1.54) is 30.4 Å². The van der Waals surface area contributed by atoms with Gasteiger partial charge in [-0.3, -0.25) is 4.79 Å². The second-order valence-corrected chi connectivity index (χ2v) is 7.80. The molecule has 22 heavy (non-hydrogen) atoms. The van der Waals surface area contributed by atoms with Crippen LogP contribution in [0.3, 0.4) is 0 Å². The summed E-state index contributed by atoms with van der Waals surface area (Å²) >= 11 is 0. The van der Waals surface area contributed by atoms with Crippen LogP contribution in [-0.2, 0) is 4.79 Å². The van der Waals surface area contributed by atoms with Crippen molar-refractivity contribution in [2.75, 3.05) is 0 Å². The van der Waals surface area contributed by atoms with Gasteiger partial charge in [-0.2, -0.15) is 0 Å². The van der Waals surface area contributed by atoms with Crippen LogP contribution in [-0.4, -0.2) is 11.1 Å². The molecule has 2 rings (SSSR count). The fourth-order valence-electron chi connectivity index (χ4n) is 3.70. The van der Waals surface area contributed by atoms with E-state index >= 15 is 0 Å². The molecular formula is C20H28O2. The Labute approximate surface area is 134 Å². The van der Waals surface area contributed by atoms with Gasteiger partial charge in [-0.05, 0) is 42.7 Å². The van der Waals surface area contributed by atoms with Crippen LogP contribution in [0.4, 0.5) is 0 Å². The molecule has 0 aliphatic heterocycles. The molecule has 2 aliphatic carbocycles. The molecule has 0 saturated heterocycles. The van der Waals surface area contributed by atoms with Crippen LogP contribution in [0, 0.1) is 10.8 Å². The maximum atomic E-state index is 10.7. The summed E-state index contributed by atoms with van der Waals surface area (Å²) in [5.74, 6) is -0.776. The van der Waals surface area contributed by atoms with Gasteiger partial charge in [0.15, 0.2) is 0 Å². The van der Waals surface area contributed by atoms with Crippen LogP contribution in [0.2, 0.25) is 0 Å². The first kappa shape index (κ1) is 16.8. The molecule has 1 N–H and O–H groups in total. The third kappa shape index (κ3) is 3.26. The molecule has 0 amide bonds. The topological polar surface area (TPSA) is 37.3 Å². The van der Waals surface area contributed by atoms with E-state index in [4.69, 9.17) is 5.11 Å². The summed E-state index contributed by atoms with van der Waals surface area (Å²) < 4.78 is 0. The van der Waals surface area contributed by atoms with Gasteiger partial charge >= 0.3 is 5.97 Å². The van der Waals surface area contributed by atoms with Crippen LogP contribution in [0.1, 0.15) is 60.3 Å². The van der Waals surface area contributed by atoms with E-state index < -0.39 is 5.97 Å². The van der Waals surface area contributed by atoms with Gasteiger partial charge in [-0.25, -0.2) is 0 Å². The van der Waals surface area contributed by atoms with Gasteiger partial charge < -0.3 is 5.11 Å². The Bertz CT molecular complexity index is 595. The zero-order chi connectivity index (χ0) is 16.5. The van der Waals surface area contributed by atoms with Crippen LogP contribution < -0.4 is 0 Å². The third-order valence-electron chi connectivity index (χ3n) is 5.15. The molecule has 0 fully saturated rings. The van der Waals surface area contributed by atoms with Crippen LogP contribution in [0.25, 0.3) is 0 Å². The number of carboxylic acid groups (broad SMARTS) is 1. The Morgan fingerprint density at radius 2 is 2.00 bits per heavy atom. The van der Waals surface area contributed by atoms with Crippen molar-refractivity contribution in [3.8, 4) is 0 Å². The van der Waals surface area contributed by atoms with Crippen LogP contribution in [0.15, 0.2) is 46.6 Å². The molecule has 2 nitrogen and oxygen atoms in total. The second kappa shape index (κ2) is 5.91. The van der Waals surface area contributed by atoms with E-state index in [9.17, 15) is 4.79 Å². The van der Waals surface area contributed by atoms with Crippen molar-refractivity contribution in [1.29, 1.82) is 0 Å². The summed E-state index contributed by atoms with van der Waals surface area (Å²) in [6.07, 6.45) is 12.3. The molecule has 2 heteroatoms. The fraction of sp³-hybridized carbons (Fsp3) is 0.550. The molecule has 0 aromatic carbocycles. The number of hydrogen-bond donors (Lipinski definition) is 1. The molecule has 2 aliphatic rings. The van der Waals surface area contributed by atoms with Gasteiger partial charge in [0.1, 0.15) is 0 Å². The summed E-state index contributed by atoms with van der Waals surface area (Å²) in [6.45, 7) is 11.2. The number of carbonyl (C=O) groups is 1. The number of aliphatic carboxylic acids is 1. The first-order valence-corrected chi connectivity index (χ1v) is 8.16. The quantitative estimate of drug-likeness (QED) is 0.702. The van der Waals surface area contributed by atoms with Crippen LogP contribution in [0.5, 0.6) is 0 Å². The Hall–Kier alpha value is -1.57. The Morgan fingerprint density at radius 1 is 1.32 bits per heavy atom. The largest absolute Gasteiger partial charge is 0.481 e. The molecule has 0 bridgehead atoms. The molecular weight excluding hydrogens is 272 g/mol. The molecule has 0 radical (unpaired) electrons. The smallest absolute Gasteiger partial charge is 0.307 e. The molecule has 0 heterocycles. The van der Waals surface area contributed by atoms with E-state index in [0.29, 0.717) is 0 Å². The number of allylic oxidation sites excluding steroid dienone is 7. The molecule has 0 aromatic rings. The average Bonchev–Trinajstić information content (AvgIpc) is 2.62. The van der Waals surface area contributed by atoms with Crippen LogP contribution >= 0.6 is 0 Å². The Balaban J connectivity index is 2.22. The maximum Gasteiger partial charge on any atom is 0.307 e. The van der Waals surface area contributed by atoms with E-state index in [1.54, 1.807) is 5.57 Å². The minimum Gasteiger partial charge on any atom is -0.481 e. The molecule has 120 valence electrons. The summed E-state index contributed by atoms with van der Waals surface area (Å²) in [4.78, 5) is 10.7. The third-order valence-corrected chi connectivity index (χ3v) is 5.15. The molecule has 0 aromatic heterocycles. The lowest BCUT2D eigenvalue weighted by Crippen LogP contribution is -2.23. The number of carboxylic acids is 1. The van der Waals surface area contributed by atoms with Crippen molar-refractivity contribution in [3.63, 3.8) is 0 Å². The van der Waals surface area contributed by atoms with Gasteiger partial charge in [0.05, 0.1) is 6.42 Å². The first-order valence-electron chi connectivity index (χ1n) is 8.16. The second-order valence-electron chi connectivity index (χ2n) is 7.80. The minimum atomic E-state index is -0.776. The Kier molecular flexibility index (Phi) is 4.51. The highest BCUT2D eigenvalue weighted by atomic mass is 16.4. The van der Waals surface area contributed by atoms with Gasteiger partial charge in [-0.1, -0.05) is 63.1 Å². The van der Waals surface area contributed by atoms with E-state index in [1.807, 2.05) is 19.1 Å². The number of hydrogen-bond acceptors (Lipinski definition) is 1. The van der Waals surface area contributed by atoms with Crippen molar-refractivity contribution in [3.05, 3.63) is 46.6 Å². The van der Waals surface area contributed by atoms with Gasteiger partial charge in [-0.15, -0.1) is 0 Å². The van der Waals surface area contributed by atoms with Crippen molar-refractivity contribution in [2.45, 2.75) is 60.3 Å². The summed E-state index contributed by atoms with van der Waals surface area (Å²) in [6, 6.07) is 0. The van der Waals surface area contributed by atoms with Crippen molar-refractivity contribution in [2.24, 2.45) is 10.8 Å². The summed E-state index contributed by atoms with van der Waals surface area (Å²) in [7, 11) is 0. The maximum absolute atomic E-state index is 10.7. The number of rotatable bonds is 4. The van der Waals surface area contributed by atoms with Gasteiger partial charge in [0.25, 0.3) is 0 Å². The first-order chi connectivity index (χ1) is 10.1. The summed E-state index contributed by atoms with van der Waals surface area (Å²) in [5.41, 5.74) is 5.70. The highest BCUT2D eigenvalue weighted by Crippen LogP contribution is 2.54. The van der Waals surface area contributed by atoms with E-state index in [-0.39, 0.29) is 17.3 Å². The lowest BCUT2D eigenvalue weighted by molar-refractivity contribution is -0.136. The lowest BCUT2D eigenvalue weighted by atomic mass is 9.69. The predicted molar refractivity (Wildman–Crippen MR) is 91.7 cm³/mol. The SMILES string of the molecule is C/C(=C\C=C\C1=CC2=C(CCCC2(C)C)C1(C)C)CC(=O)O. The zero-order valence-electron chi connectivity index (χ0n) is 14.5. The van der Waals surface area contributed by atoms with Crippen molar-refractivity contribution >= 4 is 5.97 Å². The Morgan fingerprint density at radius 3 is 2.59 bits per heavy atom. The molecule has 0 saturated carbocycles. The van der Waals surface area contributed by atoms with E-state index in [0.717, 1.165) is 5.57 Å². The zero-order valence-corrected chi connectivity index (χ0v) is 14.5. The van der Waals surface area contributed by atoms with Gasteiger partial charge in [0, 0.05) is 5.41 Å². The monoisotopic (exact) mass is 300 g/mol. The normalized spacial score (nSPS) is 23.7. The highest BCUT2D eigenvalue weighted by molar-refractivity contribution is 5.69. The molecule has 0 unspecified atom stereocenters. The van der Waals surface area contributed by atoms with Crippen molar-refractivity contribution < 1.29 is 9.90 Å². The van der Waals surface area contributed by atoms with E-state index in [2.05, 4.69) is 39.8 Å². The predicted octanol–water partition coefficient (Wildman–Crippen LogP) is 5.44. The van der Waals surface area contributed by atoms with Crippen molar-refractivity contribution in [1.82, 2.24) is 0 Å². The molecule has 0 atom stereocenters. The average molecular weight is 300 g/mol. The minimum absolute atomic E-state index is 0.0953. The van der Waals surface area contributed by atoms with Gasteiger partial charge in [0.2, 0.25) is 0 Å². The highest BCUT2D eigenvalue weighted by Gasteiger charge is 2.40.